The average molecular weight is 245 g/mol. The summed E-state index contributed by atoms with van der Waals surface area (Å²) in [6.45, 7) is 2.36. The monoisotopic (exact) mass is 245 g/mol. The van der Waals surface area contributed by atoms with Gasteiger partial charge in [-0.15, -0.1) is 0 Å². The summed E-state index contributed by atoms with van der Waals surface area (Å²) in [7, 11) is 1.83. The molecule has 1 saturated heterocycles. The number of methoxy groups -OCH3 is 1. The number of nitrogens with one attached hydrogen (secondary N) is 1. The summed E-state index contributed by atoms with van der Waals surface area (Å²) in [5.74, 6) is 1.97. The molecular weight excluding hydrogens is 222 g/mol. The van der Waals surface area contributed by atoms with Gasteiger partial charge in [0, 0.05) is 0 Å². The zero-order valence-corrected chi connectivity index (χ0v) is 11.3. The Hall–Kier alpha value is -1.02. The third kappa shape index (κ3) is 2.26. The molecule has 2 heteroatoms. The highest BCUT2D eigenvalue weighted by Crippen LogP contribution is 2.35. The summed E-state index contributed by atoms with van der Waals surface area (Å²) in [6.07, 6.45) is 7.57. The molecule has 1 aliphatic carbocycles. The van der Waals surface area contributed by atoms with E-state index in [0.29, 0.717) is 0 Å². The molecule has 1 heterocycles. The molecular formula is C16H23NO. The normalized spacial score (nSPS) is 22.8. The Balaban J connectivity index is 1.82. The molecule has 1 N–H and O–H groups in total. The van der Waals surface area contributed by atoms with Crippen molar-refractivity contribution in [2.75, 3.05) is 20.2 Å². The lowest BCUT2D eigenvalue weighted by Crippen LogP contribution is -2.30. The summed E-state index contributed by atoms with van der Waals surface area (Å²) in [5.41, 5.74) is 4.42. The Kier molecular flexibility index (Phi) is 3.55. The minimum Gasteiger partial charge on any atom is -0.496 e. The van der Waals surface area contributed by atoms with E-state index in [4.69, 9.17) is 4.74 Å². The largest absolute Gasteiger partial charge is 0.496 e. The molecule has 0 aromatic heterocycles. The van der Waals surface area contributed by atoms with Crippen molar-refractivity contribution < 1.29 is 4.74 Å². The predicted molar refractivity (Wildman–Crippen MR) is 74.3 cm³/mol. The van der Waals surface area contributed by atoms with Crippen LogP contribution in [-0.2, 0) is 19.3 Å². The standard InChI is InChI=1S/C16H23NO/c1-18-16-14(10-12-4-3-9-17-11-12)8-7-13-5-2-6-15(13)16/h7-8,12,17H,2-6,9-11H2,1H3. The highest BCUT2D eigenvalue weighted by molar-refractivity contribution is 5.49. The molecule has 3 rings (SSSR count). The molecule has 0 radical (unpaired) electrons. The fraction of sp³-hybridized carbons (Fsp3) is 0.625. The maximum atomic E-state index is 5.71. The molecule has 18 heavy (non-hydrogen) atoms. The summed E-state index contributed by atoms with van der Waals surface area (Å²) >= 11 is 0. The number of rotatable bonds is 3. The number of fused-ring (bicyclic) bond motifs is 1. The van der Waals surface area contributed by atoms with Crippen LogP contribution in [-0.4, -0.2) is 20.2 Å². The lowest BCUT2D eigenvalue weighted by Gasteiger charge is -2.24. The van der Waals surface area contributed by atoms with Crippen molar-refractivity contribution in [2.45, 2.75) is 38.5 Å². The fourth-order valence-electron chi connectivity index (χ4n) is 3.51. The van der Waals surface area contributed by atoms with Crippen molar-refractivity contribution in [3.8, 4) is 5.75 Å². The molecule has 0 bridgehead atoms. The first-order valence-electron chi connectivity index (χ1n) is 7.27. The van der Waals surface area contributed by atoms with Crippen LogP contribution >= 0.6 is 0 Å². The molecule has 1 fully saturated rings. The minimum absolute atomic E-state index is 0.784. The van der Waals surface area contributed by atoms with Crippen LogP contribution in [0, 0.1) is 5.92 Å². The van der Waals surface area contributed by atoms with Gasteiger partial charge < -0.3 is 10.1 Å². The van der Waals surface area contributed by atoms with Gasteiger partial charge in [0.05, 0.1) is 7.11 Å². The van der Waals surface area contributed by atoms with Gasteiger partial charge in [-0.3, -0.25) is 0 Å². The van der Waals surface area contributed by atoms with Gasteiger partial charge in [-0.25, -0.2) is 0 Å². The van der Waals surface area contributed by atoms with Crippen LogP contribution in [0.15, 0.2) is 12.1 Å². The number of ether oxygens (including phenoxy) is 1. The van der Waals surface area contributed by atoms with E-state index in [0.717, 1.165) is 5.92 Å². The van der Waals surface area contributed by atoms with Gasteiger partial charge in [-0.1, -0.05) is 12.1 Å². The van der Waals surface area contributed by atoms with Crippen molar-refractivity contribution in [1.82, 2.24) is 5.32 Å². The molecule has 2 nitrogen and oxygen atoms in total. The molecule has 2 aliphatic rings. The van der Waals surface area contributed by atoms with Crippen molar-refractivity contribution >= 4 is 0 Å². The molecule has 1 aromatic rings. The molecule has 0 spiro atoms. The Morgan fingerprint density at radius 3 is 3.00 bits per heavy atom. The lowest BCUT2D eigenvalue weighted by molar-refractivity contribution is 0.363. The quantitative estimate of drug-likeness (QED) is 0.884. The number of hydrogen-bond acceptors (Lipinski definition) is 2. The van der Waals surface area contributed by atoms with Crippen molar-refractivity contribution in [1.29, 1.82) is 0 Å². The Bertz CT molecular complexity index is 421. The van der Waals surface area contributed by atoms with Crippen molar-refractivity contribution in [2.24, 2.45) is 5.92 Å². The highest BCUT2D eigenvalue weighted by atomic mass is 16.5. The number of aryl methyl sites for hydroxylation is 1. The Labute approximate surface area is 110 Å². The van der Waals surface area contributed by atoms with Gasteiger partial charge in [0.25, 0.3) is 0 Å². The minimum atomic E-state index is 0.784. The average Bonchev–Trinajstić information content (AvgIpc) is 2.88. The van der Waals surface area contributed by atoms with Gasteiger partial charge in [0.1, 0.15) is 5.75 Å². The molecule has 1 unspecified atom stereocenters. The topological polar surface area (TPSA) is 21.3 Å². The first kappa shape index (κ1) is 12.0. The van der Waals surface area contributed by atoms with Gasteiger partial charge in [-0.05, 0) is 74.2 Å². The number of piperidine rings is 1. The molecule has 1 aromatic carbocycles. The Morgan fingerprint density at radius 2 is 2.22 bits per heavy atom. The van der Waals surface area contributed by atoms with E-state index in [1.165, 1.54) is 74.1 Å². The van der Waals surface area contributed by atoms with E-state index in [-0.39, 0.29) is 0 Å². The maximum absolute atomic E-state index is 5.71. The first-order chi connectivity index (χ1) is 8.88. The van der Waals surface area contributed by atoms with Crippen molar-refractivity contribution in [3.05, 3.63) is 28.8 Å². The van der Waals surface area contributed by atoms with Crippen LogP contribution < -0.4 is 10.1 Å². The van der Waals surface area contributed by atoms with E-state index in [1.807, 2.05) is 7.11 Å². The molecule has 1 atom stereocenters. The zero-order valence-electron chi connectivity index (χ0n) is 11.3. The van der Waals surface area contributed by atoms with E-state index in [2.05, 4.69) is 17.4 Å². The summed E-state index contributed by atoms with van der Waals surface area (Å²) in [4.78, 5) is 0. The smallest absolute Gasteiger partial charge is 0.125 e. The van der Waals surface area contributed by atoms with Gasteiger partial charge in [0.15, 0.2) is 0 Å². The van der Waals surface area contributed by atoms with E-state index < -0.39 is 0 Å². The highest BCUT2D eigenvalue weighted by Gasteiger charge is 2.21. The Morgan fingerprint density at radius 1 is 1.28 bits per heavy atom. The van der Waals surface area contributed by atoms with Crippen LogP contribution in [0.4, 0.5) is 0 Å². The van der Waals surface area contributed by atoms with Crippen LogP contribution in [0.5, 0.6) is 5.75 Å². The van der Waals surface area contributed by atoms with E-state index in [9.17, 15) is 0 Å². The zero-order chi connectivity index (χ0) is 12.4. The third-order valence-electron chi connectivity index (χ3n) is 4.42. The predicted octanol–water partition coefficient (Wildman–Crippen LogP) is 2.73. The summed E-state index contributed by atoms with van der Waals surface area (Å²) < 4.78 is 5.71. The second-order valence-corrected chi connectivity index (χ2v) is 5.67. The van der Waals surface area contributed by atoms with Crippen LogP contribution in [0.2, 0.25) is 0 Å². The van der Waals surface area contributed by atoms with Gasteiger partial charge in [0.2, 0.25) is 0 Å². The molecule has 98 valence electrons. The molecule has 0 saturated carbocycles. The van der Waals surface area contributed by atoms with Crippen molar-refractivity contribution in [3.63, 3.8) is 0 Å². The third-order valence-corrected chi connectivity index (χ3v) is 4.42. The summed E-state index contributed by atoms with van der Waals surface area (Å²) in [5, 5.41) is 3.50. The fourth-order valence-corrected chi connectivity index (χ4v) is 3.51. The second kappa shape index (κ2) is 5.31. The number of benzene rings is 1. The maximum Gasteiger partial charge on any atom is 0.125 e. The van der Waals surface area contributed by atoms with Crippen LogP contribution in [0.25, 0.3) is 0 Å². The van der Waals surface area contributed by atoms with Gasteiger partial charge in [-0.2, -0.15) is 0 Å². The number of hydrogen-bond donors (Lipinski definition) is 1. The van der Waals surface area contributed by atoms with E-state index >= 15 is 0 Å². The van der Waals surface area contributed by atoms with Crippen LogP contribution in [0.1, 0.15) is 36.0 Å². The summed E-state index contributed by atoms with van der Waals surface area (Å²) in [6, 6.07) is 4.63. The second-order valence-electron chi connectivity index (χ2n) is 5.67. The first-order valence-corrected chi connectivity index (χ1v) is 7.27. The SMILES string of the molecule is COc1c(CC2CCCNC2)ccc2c1CCC2. The molecule has 1 aliphatic heterocycles. The van der Waals surface area contributed by atoms with Gasteiger partial charge >= 0.3 is 0 Å². The van der Waals surface area contributed by atoms with E-state index in [1.54, 1.807) is 0 Å². The van der Waals surface area contributed by atoms with Crippen LogP contribution in [0.3, 0.4) is 0 Å². The lowest BCUT2D eigenvalue weighted by atomic mass is 9.90. The molecule has 0 amide bonds.